The largest absolute Gasteiger partial charge is 0.404 e. The number of aromatic nitrogens is 1. The molecule has 0 aliphatic rings. The van der Waals surface area contributed by atoms with E-state index in [9.17, 15) is 9.59 Å². The monoisotopic (exact) mass is 340 g/mol. The minimum absolute atomic E-state index is 0.0919. The van der Waals surface area contributed by atoms with Gasteiger partial charge in [0.25, 0.3) is 5.56 Å². The first kappa shape index (κ1) is 18.5. The topological polar surface area (TPSA) is 51.5 Å². The summed E-state index contributed by atoms with van der Waals surface area (Å²) in [4.78, 5) is 26.5. The molecule has 0 saturated carbocycles. The number of esters is 1. The molecule has 0 unspecified atom stereocenters. The fourth-order valence-electron chi connectivity index (χ4n) is 2.64. The average molecular weight is 340 g/mol. The highest BCUT2D eigenvalue weighted by molar-refractivity contribution is 5.90. The van der Waals surface area contributed by atoms with Crippen LogP contribution < -0.4 is 5.56 Å². The van der Waals surface area contributed by atoms with Crippen molar-refractivity contribution < 1.29 is 9.53 Å². The first-order valence-corrected chi connectivity index (χ1v) is 8.34. The number of carbonyl (C=O) groups excluding carboxylic acids is 1. The highest BCUT2D eigenvalue weighted by Gasteiger charge is 2.22. The van der Waals surface area contributed by atoms with Crippen molar-refractivity contribution in [2.75, 3.05) is 0 Å². The van der Waals surface area contributed by atoms with Crippen molar-refractivity contribution in [2.45, 2.75) is 39.8 Å². The number of hydrogen-bond acceptors (Lipinski definition) is 4. The molecule has 1 aromatic carbocycles. The van der Waals surface area contributed by atoms with E-state index in [0.717, 1.165) is 0 Å². The fraction of sp³-hybridized carbons (Fsp3) is 0.300. The molecule has 0 aliphatic heterocycles. The summed E-state index contributed by atoms with van der Waals surface area (Å²) in [6.45, 7) is 8.05. The quantitative estimate of drug-likeness (QED) is 0.596. The van der Waals surface area contributed by atoms with E-state index in [1.54, 1.807) is 48.8 Å². The zero-order chi connectivity index (χ0) is 18.4. The lowest BCUT2D eigenvalue weighted by Gasteiger charge is -2.33. The third kappa shape index (κ3) is 4.83. The highest BCUT2D eigenvalue weighted by Crippen LogP contribution is 2.18. The number of hydrogen-bond donors (Lipinski definition) is 0. The van der Waals surface area contributed by atoms with Crippen molar-refractivity contribution in [3.05, 3.63) is 76.5 Å². The van der Waals surface area contributed by atoms with Gasteiger partial charge in [0.1, 0.15) is 0 Å². The van der Waals surface area contributed by atoms with Crippen LogP contribution in [-0.4, -0.2) is 27.5 Å². The third-order valence-electron chi connectivity index (χ3n) is 3.67. The van der Waals surface area contributed by atoms with Gasteiger partial charge in [0.2, 0.25) is 5.88 Å². The first-order valence-electron chi connectivity index (χ1n) is 8.34. The van der Waals surface area contributed by atoms with Crippen LogP contribution in [0.15, 0.2) is 65.4 Å². The summed E-state index contributed by atoms with van der Waals surface area (Å²) in [6.07, 6.45) is 3.20. The number of benzene rings is 1. The van der Waals surface area contributed by atoms with E-state index in [-0.39, 0.29) is 17.6 Å². The molecule has 0 spiro atoms. The van der Waals surface area contributed by atoms with Crippen LogP contribution in [0.4, 0.5) is 0 Å². The Morgan fingerprint density at radius 3 is 2.16 bits per heavy atom. The molecule has 0 atom stereocenters. The van der Waals surface area contributed by atoms with E-state index in [0.29, 0.717) is 11.4 Å². The second kappa shape index (κ2) is 8.33. The smallest absolute Gasteiger partial charge is 0.344 e. The van der Waals surface area contributed by atoms with Crippen LogP contribution in [0.25, 0.3) is 6.20 Å². The fourth-order valence-corrected chi connectivity index (χ4v) is 2.64. The molecule has 5 heteroatoms. The van der Waals surface area contributed by atoms with Gasteiger partial charge in [-0.05, 0) is 45.9 Å². The van der Waals surface area contributed by atoms with Crippen LogP contribution in [0.3, 0.4) is 0 Å². The van der Waals surface area contributed by atoms with E-state index < -0.39 is 5.97 Å². The van der Waals surface area contributed by atoms with Crippen LogP contribution >= 0.6 is 0 Å². The summed E-state index contributed by atoms with van der Waals surface area (Å²) in [6, 6.07) is 13.9. The summed E-state index contributed by atoms with van der Waals surface area (Å²) in [5.74, 6) is -0.116. The van der Waals surface area contributed by atoms with Crippen molar-refractivity contribution in [1.29, 1.82) is 0 Å². The highest BCUT2D eigenvalue weighted by atomic mass is 16.6. The van der Waals surface area contributed by atoms with Crippen molar-refractivity contribution in [3.63, 3.8) is 0 Å². The third-order valence-corrected chi connectivity index (χ3v) is 3.67. The Bertz CT molecular complexity index is 784. The summed E-state index contributed by atoms with van der Waals surface area (Å²) in [7, 11) is 0. The second-order valence-electron chi connectivity index (χ2n) is 6.26. The molecule has 5 nitrogen and oxygen atoms in total. The van der Waals surface area contributed by atoms with Crippen LogP contribution in [0.5, 0.6) is 0 Å². The van der Waals surface area contributed by atoms with Crippen LogP contribution in [0.2, 0.25) is 0 Å². The maximum absolute atomic E-state index is 12.5. The molecule has 2 aromatic rings. The molecule has 1 aromatic heterocycles. The van der Waals surface area contributed by atoms with E-state index in [4.69, 9.17) is 4.74 Å². The molecular formula is C20H24N2O3. The summed E-state index contributed by atoms with van der Waals surface area (Å²) < 4.78 is 7.08. The Morgan fingerprint density at radius 1 is 1.00 bits per heavy atom. The van der Waals surface area contributed by atoms with Crippen LogP contribution in [0, 0.1) is 0 Å². The molecule has 0 amide bonds. The molecular weight excluding hydrogens is 316 g/mol. The Hall–Kier alpha value is -2.82. The van der Waals surface area contributed by atoms with E-state index in [2.05, 4.69) is 0 Å². The van der Waals surface area contributed by atoms with Gasteiger partial charge < -0.3 is 9.64 Å². The van der Waals surface area contributed by atoms with Gasteiger partial charge in [-0.3, -0.25) is 9.36 Å². The van der Waals surface area contributed by atoms with Crippen molar-refractivity contribution in [3.8, 4) is 0 Å². The maximum Gasteiger partial charge on any atom is 0.344 e. The lowest BCUT2D eigenvalue weighted by molar-refractivity contribution is 0.0423. The number of nitrogens with zero attached hydrogens (tertiary/aromatic N) is 2. The zero-order valence-corrected chi connectivity index (χ0v) is 15.0. The maximum atomic E-state index is 12.5. The molecule has 132 valence electrons. The van der Waals surface area contributed by atoms with E-state index in [1.807, 2.05) is 38.7 Å². The Labute approximate surface area is 148 Å². The molecule has 0 saturated heterocycles. The number of carbonyl (C=O) groups is 1. The normalized spacial score (nSPS) is 11.7. The molecule has 0 aliphatic carbocycles. The summed E-state index contributed by atoms with van der Waals surface area (Å²) >= 11 is 0. The molecule has 0 bridgehead atoms. The minimum Gasteiger partial charge on any atom is -0.404 e. The number of rotatable bonds is 6. The van der Waals surface area contributed by atoms with Gasteiger partial charge in [-0.2, -0.15) is 0 Å². The van der Waals surface area contributed by atoms with Gasteiger partial charge in [0.05, 0.1) is 11.8 Å². The van der Waals surface area contributed by atoms with Crippen molar-refractivity contribution in [1.82, 2.24) is 9.47 Å². The van der Waals surface area contributed by atoms with E-state index >= 15 is 0 Å². The predicted octanol–water partition coefficient (Wildman–Crippen LogP) is 3.58. The lowest BCUT2D eigenvalue weighted by atomic mass is 10.2. The van der Waals surface area contributed by atoms with Gasteiger partial charge in [0, 0.05) is 24.3 Å². The molecule has 0 radical (unpaired) electrons. The van der Waals surface area contributed by atoms with E-state index in [1.165, 1.54) is 10.6 Å². The van der Waals surface area contributed by atoms with Crippen LogP contribution in [-0.2, 0) is 4.74 Å². The lowest BCUT2D eigenvalue weighted by Crippen LogP contribution is -2.38. The van der Waals surface area contributed by atoms with Crippen LogP contribution in [0.1, 0.15) is 38.1 Å². The molecule has 2 rings (SSSR count). The SMILES string of the molecule is CC(C)N(C(=Cn1ccccc1=O)OC(=O)c1ccccc1)C(C)C. The average Bonchev–Trinajstić information content (AvgIpc) is 2.57. The Morgan fingerprint density at radius 2 is 1.60 bits per heavy atom. The molecule has 25 heavy (non-hydrogen) atoms. The van der Waals surface area contributed by atoms with Crippen molar-refractivity contribution in [2.24, 2.45) is 0 Å². The minimum atomic E-state index is -0.456. The zero-order valence-electron chi connectivity index (χ0n) is 15.0. The second-order valence-corrected chi connectivity index (χ2v) is 6.26. The molecule has 1 heterocycles. The summed E-state index contributed by atoms with van der Waals surface area (Å²) in [5, 5.41) is 0. The number of pyridine rings is 1. The standard InChI is InChI=1S/C20H24N2O3/c1-15(2)22(16(3)4)19(14-21-13-9-8-12-18(21)23)25-20(24)17-10-6-5-7-11-17/h5-16H,1-4H3. The Balaban J connectivity index is 2.43. The molecule has 0 fully saturated rings. The van der Waals surface area contributed by atoms with Gasteiger partial charge in [0.15, 0.2) is 0 Å². The Kier molecular flexibility index (Phi) is 6.17. The van der Waals surface area contributed by atoms with Gasteiger partial charge in [-0.15, -0.1) is 0 Å². The first-order chi connectivity index (χ1) is 11.9. The predicted molar refractivity (Wildman–Crippen MR) is 98.9 cm³/mol. The molecule has 0 N–H and O–H groups in total. The van der Waals surface area contributed by atoms with Crippen molar-refractivity contribution >= 4 is 12.2 Å². The summed E-state index contributed by atoms with van der Waals surface area (Å²) in [5.41, 5.74) is 0.268. The number of ether oxygens (including phenoxy) is 1. The van der Waals surface area contributed by atoms with Gasteiger partial charge in [-0.25, -0.2) is 4.79 Å². The van der Waals surface area contributed by atoms with Gasteiger partial charge >= 0.3 is 5.97 Å². The van der Waals surface area contributed by atoms with Gasteiger partial charge in [-0.1, -0.05) is 24.3 Å².